The molecule has 0 unspecified atom stereocenters. The number of benzene rings is 1. The monoisotopic (exact) mass is 280 g/mol. The van der Waals surface area contributed by atoms with Gasteiger partial charge in [0, 0.05) is 11.9 Å². The quantitative estimate of drug-likeness (QED) is 0.777. The lowest BCUT2D eigenvalue weighted by molar-refractivity contribution is 0.322. The fourth-order valence-electron chi connectivity index (χ4n) is 3.59. The maximum Gasteiger partial charge on any atom is 0.152 e. The van der Waals surface area contributed by atoms with Gasteiger partial charge in [-0.25, -0.2) is 9.97 Å². The predicted octanol–water partition coefficient (Wildman–Crippen LogP) is 3.75. The summed E-state index contributed by atoms with van der Waals surface area (Å²) in [7, 11) is 0. The van der Waals surface area contributed by atoms with E-state index >= 15 is 0 Å². The van der Waals surface area contributed by atoms with Crippen molar-refractivity contribution >= 4 is 27.8 Å². The molecule has 2 heterocycles. The van der Waals surface area contributed by atoms with E-state index < -0.39 is 0 Å². The van der Waals surface area contributed by atoms with Gasteiger partial charge in [-0.1, -0.05) is 37.5 Å². The van der Waals surface area contributed by atoms with Gasteiger partial charge in [-0.2, -0.15) is 0 Å². The fraction of sp³-hybridized carbons (Fsp3) is 0.412. The molecule has 1 aliphatic rings. The zero-order valence-electron chi connectivity index (χ0n) is 12.1. The van der Waals surface area contributed by atoms with Gasteiger partial charge in [0.05, 0.1) is 17.4 Å². The summed E-state index contributed by atoms with van der Waals surface area (Å²) in [6, 6.07) is 8.19. The first kappa shape index (κ1) is 12.6. The predicted molar refractivity (Wildman–Crippen MR) is 86.0 cm³/mol. The van der Waals surface area contributed by atoms with Crippen molar-refractivity contribution in [1.29, 1.82) is 0 Å². The van der Waals surface area contributed by atoms with Crippen LogP contribution in [0.2, 0.25) is 0 Å². The van der Waals surface area contributed by atoms with Gasteiger partial charge in [0.1, 0.15) is 5.52 Å². The van der Waals surface area contributed by atoms with Gasteiger partial charge in [-0.15, -0.1) is 0 Å². The Morgan fingerprint density at radius 3 is 2.81 bits per heavy atom. The molecule has 2 aromatic heterocycles. The Kier molecular flexibility index (Phi) is 3.02. The molecule has 1 aliphatic carbocycles. The van der Waals surface area contributed by atoms with E-state index in [9.17, 15) is 0 Å². The van der Waals surface area contributed by atoms with Crippen LogP contribution >= 0.6 is 0 Å². The third-order valence-electron chi connectivity index (χ3n) is 4.66. The van der Waals surface area contributed by atoms with E-state index in [0.717, 1.165) is 34.4 Å². The number of fused-ring (bicyclic) bond motifs is 3. The second-order valence-electron chi connectivity index (χ2n) is 6.11. The van der Waals surface area contributed by atoms with E-state index in [1.807, 2.05) is 18.5 Å². The van der Waals surface area contributed by atoms with Crippen molar-refractivity contribution in [3.8, 4) is 0 Å². The smallest absolute Gasteiger partial charge is 0.152 e. The van der Waals surface area contributed by atoms with Crippen molar-refractivity contribution in [2.75, 3.05) is 5.73 Å². The molecular formula is C17H20N4. The molecule has 3 aromatic rings. The number of hydrogen-bond acceptors (Lipinski definition) is 3. The lowest BCUT2D eigenvalue weighted by atomic mass is 9.89. The Morgan fingerprint density at radius 2 is 1.95 bits per heavy atom. The summed E-state index contributed by atoms with van der Waals surface area (Å²) in [6.45, 7) is 1.05. The zero-order valence-corrected chi connectivity index (χ0v) is 12.1. The number of aromatic nitrogens is 3. The number of nitrogens with zero attached hydrogens (tertiary/aromatic N) is 3. The van der Waals surface area contributed by atoms with Crippen LogP contribution in [0.15, 0.2) is 30.6 Å². The number of para-hydroxylation sites is 1. The highest BCUT2D eigenvalue weighted by Gasteiger charge is 2.17. The molecule has 0 amide bonds. The third-order valence-corrected chi connectivity index (χ3v) is 4.66. The molecule has 1 fully saturated rings. The molecular weight excluding hydrogens is 260 g/mol. The Balaban J connectivity index is 1.85. The average Bonchev–Trinajstić information content (AvgIpc) is 2.93. The van der Waals surface area contributed by atoms with Crippen LogP contribution < -0.4 is 5.73 Å². The molecule has 0 spiro atoms. The van der Waals surface area contributed by atoms with Crippen LogP contribution in [0.1, 0.15) is 32.1 Å². The van der Waals surface area contributed by atoms with Crippen molar-refractivity contribution in [2.45, 2.75) is 38.6 Å². The molecule has 0 bridgehead atoms. The maximum atomic E-state index is 6.08. The largest absolute Gasteiger partial charge is 0.382 e. The summed E-state index contributed by atoms with van der Waals surface area (Å²) < 4.78 is 2.28. The van der Waals surface area contributed by atoms with E-state index in [1.54, 1.807) is 0 Å². The minimum atomic E-state index is 0.533. The molecule has 21 heavy (non-hydrogen) atoms. The first-order chi connectivity index (χ1) is 10.3. The van der Waals surface area contributed by atoms with E-state index in [0.29, 0.717) is 5.82 Å². The first-order valence-electron chi connectivity index (χ1n) is 7.82. The van der Waals surface area contributed by atoms with Gasteiger partial charge in [0.2, 0.25) is 0 Å². The first-order valence-corrected chi connectivity index (χ1v) is 7.82. The van der Waals surface area contributed by atoms with Gasteiger partial charge >= 0.3 is 0 Å². The summed E-state index contributed by atoms with van der Waals surface area (Å²) in [5.41, 5.74) is 9.01. The Morgan fingerprint density at radius 1 is 1.14 bits per heavy atom. The summed E-state index contributed by atoms with van der Waals surface area (Å²) in [4.78, 5) is 8.98. The minimum absolute atomic E-state index is 0.533. The highest BCUT2D eigenvalue weighted by atomic mass is 15.1. The van der Waals surface area contributed by atoms with Crippen LogP contribution in [-0.2, 0) is 6.54 Å². The number of nitrogen functional groups attached to an aromatic ring is 1. The van der Waals surface area contributed by atoms with E-state index in [1.165, 1.54) is 32.1 Å². The summed E-state index contributed by atoms with van der Waals surface area (Å²) in [6.07, 6.45) is 8.71. The maximum absolute atomic E-state index is 6.08. The average molecular weight is 280 g/mol. The van der Waals surface area contributed by atoms with E-state index in [2.05, 4.69) is 26.7 Å². The molecule has 0 saturated heterocycles. The molecule has 0 radical (unpaired) electrons. The standard InChI is InChI=1S/C17H20N4/c18-17-15-16(13-8-4-5-9-14(13)20-17)21(11-19-15)10-12-6-2-1-3-7-12/h4-5,8-9,11-12H,1-3,6-7,10H2,(H2,18,20). The minimum Gasteiger partial charge on any atom is -0.382 e. The van der Waals surface area contributed by atoms with Gasteiger partial charge in [-0.05, 0) is 24.8 Å². The summed E-state index contributed by atoms with van der Waals surface area (Å²) in [5, 5.41) is 1.15. The van der Waals surface area contributed by atoms with Crippen molar-refractivity contribution in [3.63, 3.8) is 0 Å². The van der Waals surface area contributed by atoms with Crippen molar-refractivity contribution < 1.29 is 0 Å². The Bertz CT molecular complexity index is 784. The number of imidazole rings is 1. The third kappa shape index (κ3) is 2.15. The van der Waals surface area contributed by atoms with E-state index in [-0.39, 0.29) is 0 Å². The highest BCUT2D eigenvalue weighted by molar-refractivity contribution is 6.06. The Labute approximate surface area is 124 Å². The van der Waals surface area contributed by atoms with Crippen LogP contribution in [-0.4, -0.2) is 14.5 Å². The zero-order chi connectivity index (χ0) is 14.2. The normalized spacial score (nSPS) is 16.8. The summed E-state index contributed by atoms with van der Waals surface area (Å²) in [5.74, 6) is 1.30. The lowest BCUT2D eigenvalue weighted by Gasteiger charge is -2.22. The van der Waals surface area contributed by atoms with Crippen LogP contribution in [0.3, 0.4) is 0 Å². The van der Waals surface area contributed by atoms with Crippen molar-refractivity contribution in [3.05, 3.63) is 30.6 Å². The topological polar surface area (TPSA) is 56.7 Å². The molecule has 108 valence electrons. The Hall–Kier alpha value is -2.10. The number of nitrogens with two attached hydrogens (primary N) is 1. The van der Waals surface area contributed by atoms with Gasteiger partial charge < -0.3 is 10.3 Å². The summed E-state index contributed by atoms with van der Waals surface area (Å²) >= 11 is 0. The number of rotatable bonds is 2. The SMILES string of the molecule is Nc1nc2ccccc2c2c1ncn2CC1CCCCC1. The second-order valence-corrected chi connectivity index (χ2v) is 6.11. The lowest BCUT2D eigenvalue weighted by Crippen LogP contribution is -2.13. The van der Waals surface area contributed by atoms with Crippen molar-refractivity contribution in [2.24, 2.45) is 5.92 Å². The molecule has 0 atom stereocenters. The molecule has 4 rings (SSSR count). The fourth-order valence-corrected chi connectivity index (χ4v) is 3.59. The molecule has 1 saturated carbocycles. The molecule has 2 N–H and O–H groups in total. The molecule has 1 aromatic carbocycles. The number of pyridine rings is 1. The van der Waals surface area contributed by atoms with Gasteiger partial charge in [0.15, 0.2) is 5.82 Å². The van der Waals surface area contributed by atoms with Gasteiger partial charge in [-0.3, -0.25) is 0 Å². The van der Waals surface area contributed by atoms with Crippen LogP contribution in [0.4, 0.5) is 5.82 Å². The van der Waals surface area contributed by atoms with Crippen LogP contribution in [0, 0.1) is 5.92 Å². The van der Waals surface area contributed by atoms with E-state index in [4.69, 9.17) is 5.73 Å². The second kappa shape index (κ2) is 5.02. The number of hydrogen-bond donors (Lipinski definition) is 1. The van der Waals surface area contributed by atoms with Crippen LogP contribution in [0.5, 0.6) is 0 Å². The molecule has 0 aliphatic heterocycles. The number of anilines is 1. The molecule has 4 heteroatoms. The molecule has 4 nitrogen and oxygen atoms in total. The van der Waals surface area contributed by atoms with Crippen molar-refractivity contribution in [1.82, 2.24) is 14.5 Å². The highest BCUT2D eigenvalue weighted by Crippen LogP contribution is 2.30. The van der Waals surface area contributed by atoms with Crippen LogP contribution in [0.25, 0.3) is 21.9 Å². The van der Waals surface area contributed by atoms with Gasteiger partial charge in [0.25, 0.3) is 0 Å².